The summed E-state index contributed by atoms with van der Waals surface area (Å²) >= 11 is 0. The first-order valence-electron chi connectivity index (χ1n) is 11.9. The first-order valence-corrected chi connectivity index (χ1v) is 13.3. The SMILES string of the molecule is CCc1cc2c(cc1F)c(C(N)=O)c(-c1ccc(S(=O)(=O)NC(C)C(F)(F)F)cn1)n2-c1cccc(C(F)(F)F)c1. The summed E-state index contributed by atoms with van der Waals surface area (Å²) in [7, 11) is -4.70. The number of alkyl halides is 6. The van der Waals surface area contributed by atoms with Gasteiger partial charge in [-0.1, -0.05) is 13.0 Å². The van der Waals surface area contributed by atoms with Gasteiger partial charge in [-0.2, -0.15) is 31.1 Å². The molecule has 15 heteroatoms. The van der Waals surface area contributed by atoms with Crippen molar-refractivity contribution < 1.29 is 43.9 Å². The second kappa shape index (κ2) is 10.4. The van der Waals surface area contributed by atoms with Crippen LogP contribution >= 0.6 is 0 Å². The number of pyridine rings is 1. The summed E-state index contributed by atoms with van der Waals surface area (Å²) in [6.45, 7) is 2.25. The average molecular weight is 603 g/mol. The van der Waals surface area contributed by atoms with Gasteiger partial charge in [-0.25, -0.2) is 12.8 Å². The molecule has 0 spiro atoms. The third-order valence-electron chi connectivity index (χ3n) is 6.31. The number of hydrogen-bond acceptors (Lipinski definition) is 4. The largest absolute Gasteiger partial charge is 0.416 e. The number of hydrogen-bond donors (Lipinski definition) is 2. The van der Waals surface area contributed by atoms with Crippen molar-refractivity contribution in [3.8, 4) is 17.1 Å². The molecule has 0 radical (unpaired) electrons. The summed E-state index contributed by atoms with van der Waals surface area (Å²) in [4.78, 5) is 16.0. The second-order valence-corrected chi connectivity index (χ2v) is 10.8. The molecule has 7 nitrogen and oxygen atoms in total. The molecular weight excluding hydrogens is 581 g/mol. The summed E-state index contributed by atoms with van der Waals surface area (Å²) in [5.74, 6) is -1.78. The summed E-state index contributed by atoms with van der Waals surface area (Å²) in [6, 6.07) is 5.96. The minimum atomic E-state index is -4.87. The van der Waals surface area contributed by atoms with Gasteiger partial charge < -0.3 is 10.3 Å². The lowest BCUT2D eigenvalue weighted by Gasteiger charge is -2.17. The Balaban J connectivity index is 2.00. The Morgan fingerprint density at radius 1 is 1.07 bits per heavy atom. The van der Waals surface area contributed by atoms with Crippen molar-refractivity contribution in [1.29, 1.82) is 0 Å². The Labute approximate surface area is 228 Å². The van der Waals surface area contributed by atoms with Gasteiger partial charge in [0.1, 0.15) is 16.8 Å². The van der Waals surface area contributed by atoms with Crippen molar-refractivity contribution in [2.45, 2.75) is 43.6 Å². The van der Waals surface area contributed by atoms with Crippen LogP contribution in [0, 0.1) is 5.82 Å². The smallest absolute Gasteiger partial charge is 0.366 e. The molecule has 0 saturated heterocycles. The number of nitrogens with zero attached hydrogens (tertiary/aromatic N) is 2. The van der Waals surface area contributed by atoms with Crippen LogP contribution in [0.4, 0.5) is 30.7 Å². The Kier molecular flexibility index (Phi) is 7.64. The molecule has 0 fully saturated rings. The van der Waals surface area contributed by atoms with E-state index in [1.54, 1.807) is 6.92 Å². The molecule has 2 aromatic carbocycles. The van der Waals surface area contributed by atoms with Gasteiger partial charge >= 0.3 is 12.4 Å². The lowest BCUT2D eigenvalue weighted by Crippen LogP contribution is -2.42. The maximum atomic E-state index is 14.8. The zero-order valence-electron chi connectivity index (χ0n) is 21.2. The fourth-order valence-electron chi connectivity index (χ4n) is 4.25. The van der Waals surface area contributed by atoms with E-state index in [0.29, 0.717) is 6.92 Å². The van der Waals surface area contributed by atoms with E-state index in [4.69, 9.17) is 5.73 Å². The highest BCUT2D eigenvalue weighted by Crippen LogP contribution is 2.39. The molecule has 0 aliphatic carbocycles. The molecule has 2 heterocycles. The van der Waals surface area contributed by atoms with E-state index < -0.39 is 50.6 Å². The summed E-state index contributed by atoms with van der Waals surface area (Å²) in [6.07, 6.45) is -8.68. The Bertz CT molecular complexity index is 1750. The highest BCUT2D eigenvalue weighted by Gasteiger charge is 2.39. The maximum Gasteiger partial charge on any atom is 0.416 e. The Hall–Kier alpha value is -3.98. The summed E-state index contributed by atoms with van der Waals surface area (Å²) in [5.41, 5.74) is 4.14. The van der Waals surface area contributed by atoms with Gasteiger partial charge in [0.05, 0.1) is 28.0 Å². The average Bonchev–Trinajstić information content (AvgIpc) is 3.21. The number of aryl methyl sites for hydroxylation is 1. The fourth-order valence-corrected chi connectivity index (χ4v) is 5.42. The van der Waals surface area contributed by atoms with Gasteiger partial charge in [-0.3, -0.25) is 9.78 Å². The first-order chi connectivity index (χ1) is 19.0. The van der Waals surface area contributed by atoms with E-state index in [1.807, 2.05) is 0 Å². The number of nitrogens with one attached hydrogen (secondary N) is 1. The molecule has 0 saturated carbocycles. The lowest BCUT2D eigenvalue weighted by molar-refractivity contribution is -0.147. The number of aromatic nitrogens is 2. The first kappa shape index (κ1) is 30.0. The van der Waals surface area contributed by atoms with Crippen LogP contribution in [0.5, 0.6) is 0 Å². The van der Waals surface area contributed by atoms with Gasteiger partial charge in [0.25, 0.3) is 5.91 Å². The number of fused-ring (bicyclic) bond motifs is 1. The van der Waals surface area contributed by atoms with Gasteiger partial charge in [-0.15, -0.1) is 0 Å². The van der Waals surface area contributed by atoms with Crippen LogP contribution in [-0.2, 0) is 22.6 Å². The number of sulfonamides is 1. The third kappa shape index (κ3) is 5.77. The van der Waals surface area contributed by atoms with Crippen molar-refractivity contribution >= 4 is 26.8 Å². The van der Waals surface area contributed by atoms with Gasteiger partial charge in [0.2, 0.25) is 10.0 Å². The second-order valence-electron chi connectivity index (χ2n) is 9.05. The molecule has 4 aromatic rings. The van der Waals surface area contributed by atoms with E-state index in [9.17, 15) is 43.9 Å². The zero-order valence-corrected chi connectivity index (χ0v) is 22.0. The van der Waals surface area contributed by atoms with E-state index >= 15 is 0 Å². The third-order valence-corrected chi connectivity index (χ3v) is 7.83. The number of amides is 1. The van der Waals surface area contributed by atoms with Crippen LogP contribution < -0.4 is 10.5 Å². The predicted octanol–water partition coefficient (Wildman–Crippen LogP) is 5.74. The molecule has 1 amide bonds. The Morgan fingerprint density at radius 3 is 2.29 bits per heavy atom. The molecule has 0 aliphatic heterocycles. The number of nitrogens with two attached hydrogens (primary N) is 1. The van der Waals surface area contributed by atoms with Crippen molar-refractivity contribution in [2.75, 3.05) is 0 Å². The number of primary amides is 1. The van der Waals surface area contributed by atoms with Crippen LogP contribution in [0.15, 0.2) is 59.6 Å². The van der Waals surface area contributed by atoms with Crippen molar-refractivity contribution in [3.05, 3.63) is 77.2 Å². The maximum absolute atomic E-state index is 14.8. The van der Waals surface area contributed by atoms with Crippen molar-refractivity contribution in [3.63, 3.8) is 0 Å². The molecule has 0 aliphatic rings. The van der Waals surface area contributed by atoms with E-state index in [2.05, 4.69) is 4.98 Å². The highest BCUT2D eigenvalue weighted by molar-refractivity contribution is 7.89. The van der Waals surface area contributed by atoms with Crippen LogP contribution in [0.1, 0.15) is 35.3 Å². The summed E-state index contributed by atoms with van der Waals surface area (Å²) < 4.78 is 122. The molecule has 218 valence electrons. The van der Waals surface area contributed by atoms with E-state index in [1.165, 1.54) is 21.4 Å². The van der Waals surface area contributed by atoms with E-state index in [-0.39, 0.29) is 45.5 Å². The lowest BCUT2D eigenvalue weighted by atomic mass is 10.0. The molecule has 4 rings (SSSR count). The topological polar surface area (TPSA) is 107 Å². The summed E-state index contributed by atoms with van der Waals surface area (Å²) in [5, 5.41) is -0.0428. The molecule has 1 unspecified atom stereocenters. The molecular formula is C26H21F7N4O3S. The number of benzene rings is 2. The van der Waals surface area contributed by atoms with Crippen molar-refractivity contribution in [1.82, 2.24) is 14.3 Å². The van der Waals surface area contributed by atoms with E-state index in [0.717, 1.165) is 42.6 Å². The minimum Gasteiger partial charge on any atom is -0.366 e. The number of rotatable bonds is 7. The van der Waals surface area contributed by atoms with Crippen LogP contribution in [0.2, 0.25) is 0 Å². The van der Waals surface area contributed by atoms with Crippen molar-refractivity contribution in [2.24, 2.45) is 5.73 Å². The molecule has 41 heavy (non-hydrogen) atoms. The van der Waals surface area contributed by atoms with Gasteiger partial charge in [0.15, 0.2) is 0 Å². The highest BCUT2D eigenvalue weighted by atomic mass is 32.2. The standard InChI is InChI=1S/C26H21F7N4O3S/c1-3-14-9-21-18(11-19(14)27)22(24(34)38)23(37(21)16-6-4-5-15(10-16)26(31,32)33)20-8-7-17(12-35-20)41(39,40)36-13(2)25(28,29)30/h4-13,36H,3H2,1-2H3,(H2,34,38). The van der Waals surface area contributed by atoms with Crippen LogP contribution in [0.25, 0.3) is 28.0 Å². The van der Waals surface area contributed by atoms with Gasteiger partial charge in [-0.05, 0) is 61.4 Å². The molecule has 2 aromatic heterocycles. The predicted molar refractivity (Wildman–Crippen MR) is 135 cm³/mol. The monoisotopic (exact) mass is 602 g/mol. The number of carbonyl (C=O) groups excluding carboxylic acids is 1. The molecule has 0 bridgehead atoms. The number of halogens is 7. The fraction of sp³-hybridized carbons (Fsp3) is 0.231. The van der Waals surface area contributed by atoms with Gasteiger partial charge in [0, 0.05) is 17.3 Å². The quantitative estimate of drug-likeness (QED) is 0.263. The Morgan fingerprint density at radius 2 is 1.76 bits per heavy atom. The normalized spacial score (nSPS) is 13.5. The zero-order chi connectivity index (χ0) is 30.5. The molecule has 3 N–H and O–H groups in total. The molecule has 1 atom stereocenters. The minimum absolute atomic E-state index is 0.0428. The van der Waals surface area contributed by atoms with Crippen LogP contribution in [0.3, 0.4) is 0 Å². The number of carbonyl (C=O) groups is 1. The van der Waals surface area contributed by atoms with Crippen LogP contribution in [-0.4, -0.2) is 36.1 Å².